The predicted molar refractivity (Wildman–Crippen MR) is 44.2 cm³/mol. The van der Waals surface area contributed by atoms with Gasteiger partial charge in [0.05, 0.1) is 12.1 Å². The zero-order chi connectivity index (χ0) is 11.7. The lowest BCUT2D eigenvalue weighted by Crippen LogP contribution is -2.35. The summed E-state index contributed by atoms with van der Waals surface area (Å²) in [6.07, 6.45) is -5.21. The Hall–Kier alpha value is -0.980. The quantitative estimate of drug-likeness (QED) is 0.730. The van der Waals surface area contributed by atoms with Gasteiger partial charge in [-0.1, -0.05) is 0 Å². The number of rotatable bonds is 1. The van der Waals surface area contributed by atoms with Crippen molar-refractivity contribution in [2.45, 2.75) is 25.1 Å². The number of hydrogen-bond acceptors (Lipinski definition) is 3. The van der Waals surface area contributed by atoms with Gasteiger partial charge in [-0.25, -0.2) is 4.79 Å². The number of aliphatic hydroxyl groups is 1. The molecule has 1 unspecified atom stereocenters. The number of amides is 1. The molecule has 1 fully saturated rings. The minimum absolute atomic E-state index is 0.00366. The lowest BCUT2D eigenvalue weighted by molar-refractivity contribution is -0.162. The average Bonchev–Trinajstić information content (AvgIpc) is 2.40. The number of hydrogen-bond donors (Lipinski definition) is 1. The molecule has 1 rings (SSSR count). The molecule has 1 heterocycles. The number of nitrogens with zero attached hydrogens (tertiary/aromatic N) is 1. The van der Waals surface area contributed by atoms with Crippen LogP contribution in [-0.4, -0.2) is 47.6 Å². The first-order valence-corrected chi connectivity index (χ1v) is 4.40. The van der Waals surface area contributed by atoms with E-state index in [0.717, 1.165) is 4.90 Å². The topological polar surface area (TPSA) is 49.8 Å². The summed E-state index contributed by atoms with van der Waals surface area (Å²) < 4.78 is 39.2. The summed E-state index contributed by atoms with van der Waals surface area (Å²) in [6, 6.07) is 0. The Morgan fingerprint density at radius 2 is 2.20 bits per heavy atom. The van der Waals surface area contributed by atoms with E-state index in [1.807, 2.05) is 0 Å². The summed E-state index contributed by atoms with van der Waals surface area (Å²) in [5.74, 6) is 0. The average molecular weight is 227 g/mol. The molecule has 7 heteroatoms. The van der Waals surface area contributed by atoms with Gasteiger partial charge in [-0.2, -0.15) is 13.2 Å². The van der Waals surface area contributed by atoms with E-state index in [2.05, 4.69) is 4.74 Å². The molecule has 0 saturated carbocycles. The highest BCUT2D eigenvalue weighted by atomic mass is 19.4. The van der Waals surface area contributed by atoms with Crippen LogP contribution in [0.4, 0.5) is 18.0 Å². The molecule has 0 radical (unpaired) electrons. The van der Waals surface area contributed by atoms with E-state index in [0.29, 0.717) is 6.42 Å². The van der Waals surface area contributed by atoms with Crippen LogP contribution in [0.2, 0.25) is 0 Å². The maximum atomic E-state index is 11.7. The Morgan fingerprint density at radius 3 is 2.60 bits per heavy atom. The molecule has 1 N–H and O–H groups in total. The van der Waals surface area contributed by atoms with Crippen LogP contribution in [0, 0.1) is 0 Å². The number of alkyl halides is 3. The van der Waals surface area contributed by atoms with Crippen molar-refractivity contribution in [2.75, 3.05) is 19.7 Å². The second-order valence-electron chi connectivity index (χ2n) is 3.84. The predicted octanol–water partition coefficient (Wildman–Crippen LogP) is 1.14. The third-order valence-corrected chi connectivity index (χ3v) is 2.07. The van der Waals surface area contributed by atoms with E-state index in [1.165, 1.54) is 6.92 Å². The van der Waals surface area contributed by atoms with Gasteiger partial charge in [-0.3, -0.25) is 0 Å². The molecule has 4 nitrogen and oxygen atoms in total. The first-order valence-electron chi connectivity index (χ1n) is 4.40. The first kappa shape index (κ1) is 12.1. The molecule has 1 aliphatic heterocycles. The van der Waals surface area contributed by atoms with Gasteiger partial charge in [0.1, 0.15) is 0 Å². The Kier molecular flexibility index (Phi) is 3.13. The maximum absolute atomic E-state index is 11.7. The fraction of sp³-hybridized carbons (Fsp3) is 0.875. The van der Waals surface area contributed by atoms with E-state index < -0.39 is 24.5 Å². The second-order valence-corrected chi connectivity index (χ2v) is 3.84. The summed E-state index contributed by atoms with van der Waals surface area (Å²) in [5.41, 5.74) is -1.03. The SMILES string of the molecule is CC1(O)CCN(C(=O)OCC(F)(F)F)C1. The lowest BCUT2D eigenvalue weighted by Gasteiger charge is -2.19. The van der Waals surface area contributed by atoms with Crippen LogP contribution < -0.4 is 0 Å². The molecule has 1 saturated heterocycles. The van der Waals surface area contributed by atoms with Gasteiger partial charge in [0, 0.05) is 6.54 Å². The van der Waals surface area contributed by atoms with Crippen molar-refractivity contribution < 1.29 is 27.8 Å². The molecule has 0 spiro atoms. The lowest BCUT2D eigenvalue weighted by atomic mass is 10.1. The standard InChI is InChI=1S/C8H12F3NO3/c1-7(14)2-3-12(4-7)6(13)15-5-8(9,10)11/h14H,2-5H2,1H3. The molecule has 1 aliphatic rings. The molecule has 0 aliphatic carbocycles. The monoisotopic (exact) mass is 227 g/mol. The summed E-state index contributed by atoms with van der Waals surface area (Å²) in [7, 11) is 0. The molecule has 1 amide bonds. The van der Waals surface area contributed by atoms with Crippen LogP contribution in [0.15, 0.2) is 0 Å². The van der Waals surface area contributed by atoms with Crippen LogP contribution in [0.3, 0.4) is 0 Å². The normalized spacial score (nSPS) is 26.9. The van der Waals surface area contributed by atoms with Crippen LogP contribution in [0.5, 0.6) is 0 Å². The van der Waals surface area contributed by atoms with Crippen LogP contribution in [0.25, 0.3) is 0 Å². The molecule has 15 heavy (non-hydrogen) atoms. The zero-order valence-corrected chi connectivity index (χ0v) is 8.17. The van der Waals surface area contributed by atoms with E-state index in [4.69, 9.17) is 0 Å². The van der Waals surface area contributed by atoms with Crippen molar-refractivity contribution in [2.24, 2.45) is 0 Å². The summed E-state index contributed by atoms with van der Waals surface area (Å²) in [5, 5.41) is 9.47. The number of β-amino-alcohol motifs (C(OH)–C–C–N with tert-alkyl or cyclic N) is 1. The van der Waals surface area contributed by atoms with Crippen molar-refractivity contribution in [3.05, 3.63) is 0 Å². The van der Waals surface area contributed by atoms with Gasteiger partial charge in [0.2, 0.25) is 0 Å². The van der Waals surface area contributed by atoms with Crippen LogP contribution in [-0.2, 0) is 4.74 Å². The molecule has 0 aromatic carbocycles. The number of halogens is 3. The van der Waals surface area contributed by atoms with E-state index in [-0.39, 0.29) is 13.1 Å². The molecule has 0 aromatic heterocycles. The fourth-order valence-electron chi connectivity index (χ4n) is 1.34. The number of carbonyl (C=O) groups excluding carboxylic acids is 1. The van der Waals surface area contributed by atoms with E-state index in [9.17, 15) is 23.1 Å². The Labute approximate surface area is 84.6 Å². The van der Waals surface area contributed by atoms with E-state index >= 15 is 0 Å². The molecule has 88 valence electrons. The van der Waals surface area contributed by atoms with Crippen molar-refractivity contribution in [1.29, 1.82) is 0 Å². The number of carbonyl (C=O) groups is 1. The van der Waals surface area contributed by atoms with Gasteiger partial charge < -0.3 is 14.7 Å². The molecule has 0 aromatic rings. The van der Waals surface area contributed by atoms with Gasteiger partial charge in [-0.15, -0.1) is 0 Å². The Morgan fingerprint density at radius 1 is 1.60 bits per heavy atom. The Bertz CT molecular complexity index is 252. The molecular weight excluding hydrogens is 215 g/mol. The number of ether oxygens (including phenoxy) is 1. The minimum atomic E-state index is -4.52. The largest absolute Gasteiger partial charge is 0.440 e. The summed E-state index contributed by atoms with van der Waals surface area (Å²) in [6.45, 7) is 0.141. The maximum Gasteiger partial charge on any atom is 0.422 e. The van der Waals surface area contributed by atoms with Gasteiger partial charge in [-0.05, 0) is 13.3 Å². The second kappa shape index (κ2) is 3.88. The molecular formula is C8H12F3NO3. The van der Waals surface area contributed by atoms with Crippen molar-refractivity contribution in [1.82, 2.24) is 4.90 Å². The highest BCUT2D eigenvalue weighted by Gasteiger charge is 2.36. The first-order chi connectivity index (χ1) is 6.70. The zero-order valence-electron chi connectivity index (χ0n) is 8.17. The van der Waals surface area contributed by atoms with Crippen molar-refractivity contribution >= 4 is 6.09 Å². The van der Waals surface area contributed by atoms with Gasteiger partial charge in [0.15, 0.2) is 6.61 Å². The van der Waals surface area contributed by atoms with Crippen molar-refractivity contribution in [3.63, 3.8) is 0 Å². The smallest absolute Gasteiger partial charge is 0.422 e. The van der Waals surface area contributed by atoms with Crippen LogP contribution >= 0.6 is 0 Å². The number of likely N-dealkylation sites (tertiary alicyclic amines) is 1. The minimum Gasteiger partial charge on any atom is -0.440 e. The highest BCUT2D eigenvalue weighted by molar-refractivity contribution is 5.68. The summed E-state index contributed by atoms with van der Waals surface area (Å²) in [4.78, 5) is 12.1. The van der Waals surface area contributed by atoms with Crippen molar-refractivity contribution in [3.8, 4) is 0 Å². The third kappa shape index (κ3) is 3.94. The highest BCUT2D eigenvalue weighted by Crippen LogP contribution is 2.21. The summed E-state index contributed by atoms with van der Waals surface area (Å²) >= 11 is 0. The fourth-order valence-corrected chi connectivity index (χ4v) is 1.34. The Balaban J connectivity index is 2.37. The molecule has 0 bridgehead atoms. The van der Waals surface area contributed by atoms with E-state index in [1.54, 1.807) is 0 Å². The van der Waals surface area contributed by atoms with Crippen LogP contribution in [0.1, 0.15) is 13.3 Å². The third-order valence-electron chi connectivity index (χ3n) is 2.07. The van der Waals surface area contributed by atoms with Gasteiger partial charge >= 0.3 is 12.3 Å². The van der Waals surface area contributed by atoms with Gasteiger partial charge in [0.25, 0.3) is 0 Å². The molecule has 1 atom stereocenters.